The standard InChI is InChI=1S/C19H20N2O5/c22-18(14-2-1-3-15(11-14)19(23)24)21-12-13-4-7-20-17(10-13)26-16-5-8-25-9-6-16/h1-4,7,10-11,16H,5-6,8-9,12H2,(H,21,22)(H,23,24). The molecule has 0 unspecified atom stereocenters. The van der Waals surface area contributed by atoms with Crippen molar-refractivity contribution in [2.24, 2.45) is 0 Å². The van der Waals surface area contributed by atoms with Gasteiger partial charge in [-0.05, 0) is 29.8 Å². The molecule has 1 aliphatic rings. The second-order valence-electron chi connectivity index (χ2n) is 6.00. The number of benzene rings is 1. The van der Waals surface area contributed by atoms with Gasteiger partial charge in [-0.15, -0.1) is 0 Å². The number of carboxylic acid groups (broad SMARTS) is 1. The van der Waals surface area contributed by atoms with Crippen molar-refractivity contribution in [2.75, 3.05) is 13.2 Å². The van der Waals surface area contributed by atoms with Crippen LogP contribution in [0.2, 0.25) is 0 Å². The van der Waals surface area contributed by atoms with Gasteiger partial charge in [0.1, 0.15) is 6.10 Å². The molecule has 0 radical (unpaired) electrons. The lowest BCUT2D eigenvalue weighted by Gasteiger charge is -2.22. The molecule has 1 aromatic heterocycles. The van der Waals surface area contributed by atoms with Gasteiger partial charge in [0.15, 0.2) is 0 Å². The minimum atomic E-state index is -1.07. The number of nitrogens with one attached hydrogen (secondary N) is 1. The van der Waals surface area contributed by atoms with Crippen LogP contribution in [-0.2, 0) is 11.3 Å². The number of amides is 1. The maximum absolute atomic E-state index is 12.2. The maximum Gasteiger partial charge on any atom is 0.335 e. The van der Waals surface area contributed by atoms with Gasteiger partial charge in [0.05, 0.1) is 18.8 Å². The minimum Gasteiger partial charge on any atom is -0.478 e. The summed E-state index contributed by atoms with van der Waals surface area (Å²) < 4.78 is 11.2. The van der Waals surface area contributed by atoms with Crippen molar-refractivity contribution < 1.29 is 24.2 Å². The summed E-state index contributed by atoms with van der Waals surface area (Å²) in [5.41, 5.74) is 1.23. The first-order valence-electron chi connectivity index (χ1n) is 8.43. The van der Waals surface area contributed by atoms with Gasteiger partial charge < -0.3 is 19.9 Å². The molecular formula is C19H20N2O5. The Kier molecular flexibility index (Phi) is 5.80. The third kappa shape index (κ3) is 4.80. The quantitative estimate of drug-likeness (QED) is 0.824. The molecule has 2 heterocycles. The van der Waals surface area contributed by atoms with Gasteiger partial charge in [0.2, 0.25) is 5.88 Å². The third-order valence-electron chi connectivity index (χ3n) is 4.08. The van der Waals surface area contributed by atoms with Crippen LogP contribution < -0.4 is 10.1 Å². The first-order chi connectivity index (χ1) is 12.6. The second-order valence-corrected chi connectivity index (χ2v) is 6.00. The Hall–Kier alpha value is -2.93. The number of carboxylic acids is 1. The minimum absolute atomic E-state index is 0.0775. The number of aromatic carboxylic acids is 1. The number of hydrogen-bond donors (Lipinski definition) is 2. The van der Waals surface area contributed by atoms with E-state index in [4.69, 9.17) is 14.6 Å². The SMILES string of the molecule is O=C(O)c1cccc(C(=O)NCc2ccnc(OC3CCOCC3)c2)c1. The lowest BCUT2D eigenvalue weighted by molar-refractivity contribution is 0.0237. The number of carbonyl (C=O) groups excluding carboxylic acids is 1. The molecule has 1 amide bonds. The van der Waals surface area contributed by atoms with Gasteiger partial charge in [-0.25, -0.2) is 9.78 Å². The number of hydrogen-bond acceptors (Lipinski definition) is 5. The molecule has 0 spiro atoms. The van der Waals surface area contributed by atoms with Gasteiger partial charge in [-0.2, -0.15) is 0 Å². The Labute approximate surface area is 151 Å². The Morgan fingerprint density at radius 3 is 2.73 bits per heavy atom. The first kappa shape index (κ1) is 17.9. The molecule has 3 rings (SSSR count). The highest BCUT2D eigenvalue weighted by Gasteiger charge is 2.16. The van der Waals surface area contributed by atoms with E-state index >= 15 is 0 Å². The Morgan fingerprint density at radius 2 is 1.96 bits per heavy atom. The van der Waals surface area contributed by atoms with E-state index in [0.717, 1.165) is 18.4 Å². The molecule has 0 saturated carbocycles. The van der Waals surface area contributed by atoms with Gasteiger partial charge in [-0.3, -0.25) is 4.79 Å². The average molecular weight is 356 g/mol. The van der Waals surface area contributed by atoms with Crippen LogP contribution in [0.25, 0.3) is 0 Å². The molecule has 0 aliphatic carbocycles. The Morgan fingerprint density at radius 1 is 1.19 bits per heavy atom. The van der Waals surface area contributed by atoms with Crippen LogP contribution in [0.5, 0.6) is 5.88 Å². The van der Waals surface area contributed by atoms with Gasteiger partial charge in [-0.1, -0.05) is 6.07 Å². The predicted octanol–water partition coefficient (Wildman–Crippen LogP) is 2.27. The number of rotatable bonds is 6. The smallest absolute Gasteiger partial charge is 0.335 e. The lowest BCUT2D eigenvalue weighted by Crippen LogP contribution is -2.26. The van der Waals surface area contributed by atoms with E-state index in [-0.39, 0.29) is 17.6 Å². The molecular weight excluding hydrogens is 336 g/mol. The van der Waals surface area contributed by atoms with E-state index in [0.29, 0.717) is 31.2 Å². The largest absolute Gasteiger partial charge is 0.478 e. The van der Waals surface area contributed by atoms with Crippen molar-refractivity contribution in [1.82, 2.24) is 10.3 Å². The zero-order valence-corrected chi connectivity index (χ0v) is 14.2. The molecule has 1 aromatic carbocycles. The molecule has 1 fully saturated rings. The van der Waals surface area contributed by atoms with Crippen molar-refractivity contribution in [3.8, 4) is 5.88 Å². The molecule has 1 saturated heterocycles. The fourth-order valence-corrected chi connectivity index (χ4v) is 2.67. The van der Waals surface area contributed by atoms with E-state index in [9.17, 15) is 9.59 Å². The molecule has 0 bridgehead atoms. The fraction of sp³-hybridized carbons (Fsp3) is 0.316. The zero-order chi connectivity index (χ0) is 18.4. The van der Waals surface area contributed by atoms with Gasteiger partial charge in [0.25, 0.3) is 5.91 Å². The molecule has 26 heavy (non-hydrogen) atoms. The molecule has 7 heteroatoms. The van der Waals surface area contributed by atoms with Crippen molar-refractivity contribution in [1.29, 1.82) is 0 Å². The lowest BCUT2D eigenvalue weighted by atomic mass is 10.1. The van der Waals surface area contributed by atoms with Crippen molar-refractivity contribution in [2.45, 2.75) is 25.5 Å². The summed E-state index contributed by atoms with van der Waals surface area (Å²) in [7, 11) is 0. The van der Waals surface area contributed by atoms with E-state index in [2.05, 4.69) is 10.3 Å². The molecule has 7 nitrogen and oxygen atoms in total. The van der Waals surface area contributed by atoms with Gasteiger partial charge in [0, 0.05) is 37.2 Å². The zero-order valence-electron chi connectivity index (χ0n) is 14.2. The van der Waals surface area contributed by atoms with E-state index in [1.165, 1.54) is 12.1 Å². The topological polar surface area (TPSA) is 97.8 Å². The number of aromatic nitrogens is 1. The van der Waals surface area contributed by atoms with Crippen molar-refractivity contribution in [3.05, 3.63) is 59.3 Å². The predicted molar refractivity (Wildman–Crippen MR) is 93.3 cm³/mol. The summed E-state index contributed by atoms with van der Waals surface area (Å²) in [6.07, 6.45) is 3.41. The monoisotopic (exact) mass is 356 g/mol. The number of pyridine rings is 1. The summed E-state index contributed by atoms with van der Waals surface area (Å²) >= 11 is 0. The van der Waals surface area contributed by atoms with E-state index in [1.807, 2.05) is 0 Å². The maximum atomic E-state index is 12.2. The van der Waals surface area contributed by atoms with E-state index < -0.39 is 5.97 Å². The highest BCUT2D eigenvalue weighted by Crippen LogP contribution is 2.17. The summed E-state index contributed by atoms with van der Waals surface area (Å²) in [4.78, 5) is 27.4. The van der Waals surface area contributed by atoms with Crippen LogP contribution in [0.15, 0.2) is 42.6 Å². The molecule has 1 aliphatic heterocycles. The van der Waals surface area contributed by atoms with E-state index in [1.54, 1.807) is 30.5 Å². The highest BCUT2D eigenvalue weighted by atomic mass is 16.5. The summed E-state index contributed by atoms with van der Waals surface area (Å²) in [6, 6.07) is 9.51. The fourth-order valence-electron chi connectivity index (χ4n) is 2.67. The van der Waals surface area contributed by atoms with Crippen molar-refractivity contribution >= 4 is 11.9 Å². The normalized spacial score (nSPS) is 14.6. The molecule has 2 N–H and O–H groups in total. The third-order valence-corrected chi connectivity index (χ3v) is 4.08. The number of carbonyl (C=O) groups is 2. The van der Waals surface area contributed by atoms with Crippen LogP contribution >= 0.6 is 0 Å². The van der Waals surface area contributed by atoms with Crippen molar-refractivity contribution in [3.63, 3.8) is 0 Å². The molecule has 136 valence electrons. The van der Waals surface area contributed by atoms with Gasteiger partial charge >= 0.3 is 5.97 Å². The van der Waals surface area contributed by atoms with Crippen LogP contribution in [0.4, 0.5) is 0 Å². The molecule has 0 atom stereocenters. The Balaban J connectivity index is 1.58. The van der Waals surface area contributed by atoms with Crippen LogP contribution in [-0.4, -0.2) is 41.3 Å². The summed E-state index contributed by atoms with van der Waals surface area (Å²) in [6.45, 7) is 1.68. The Bertz CT molecular complexity index is 787. The van der Waals surface area contributed by atoms with Crippen LogP contribution in [0.1, 0.15) is 39.1 Å². The highest BCUT2D eigenvalue weighted by molar-refractivity contribution is 5.97. The number of ether oxygens (including phenoxy) is 2. The summed E-state index contributed by atoms with van der Waals surface area (Å²) in [5, 5.41) is 11.8. The average Bonchev–Trinajstić information content (AvgIpc) is 2.67. The van der Waals surface area contributed by atoms with Crippen LogP contribution in [0, 0.1) is 0 Å². The molecule has 2 aromatic rings. The second kappa shape index (κ2) is 8.44. The summed E-state index contributed by atoms with van der Waals surface area (Å²) in [5.74, 6) is -0.878. The first-order valence-corrected chi connectivity index (χ1v) is 8.43. The van der Waals surface area contributed by atoms with Crippen LogP contribution in [0.3, 0.4) is 0 Å². The number of nitrogens with zero attached hydrogens (tertiary/aromatic N) is 1.